The monoisotopic (exact) mass is 314 g/mol. The van der Waals surface area contributed by atoms with Gasteiger partial charge in [0.15, 0.2) is 0 Å². The molecule has 1 amide bonds. The Morgan fingerprint density at radius 1 is 1.27 bits per heavy atom. The summed E-state index contributed by atoms with van der Waals surface area (Å²) in [5.41, 5.74) is 4.65. The number of hydrogen-bond acceptors (Lipinski definition) is 4. The van der Waals surface area contributed by atoms with Crippen LogP contribution in [0, 0.1) is 6.92 Å². The fraction of sp³-hybridized carbons (Fsp3) is 0.176. The Kier molecular flexibility index (Phi) is 6.03. The molecule has 22 heavy (non-hydrogen) atoms. The molecule has 0 atom stereocenters. The third-order valence-corrected chi connectivity index (χ3v) is 3.89. The number of aryl methyl sites for hydroxylation is 1. The molecule has 0 heterocycles. The van der Waals surface area contributed by atoms with Crippen molar-refractivity contribution in [3.63, 3.8) is 0 Å². The first kappa shape index (κ1) is 16.1. The van der Waals surface area contributed by atoms with Gasteiger partial charge in [-0.15, -0.1) is 11.8 Å². The van der Waals surface area contributed by atoms with Crippen molar-refractivity contribution in [2.45, 2.75) is 11.8 Å². The molecular weight excluding hydrogens is 296 g/mol. The van der Waals surface area contributed by atoms with E-state index in [1.165, 1.54) is 11.8 Å². The summed E-state index contributed by atoms with van der Waals surface area (Å²) in [5, 5.41) is 3.96. The fourth-order valence-electron chi connectivity index (χ4n) is 1.78. The average Bonchev–Trinajstić information content (AvgIpc) is 2.53. The normalized spacial score (nSPS) is 10.6. The molecular formula is C17H18N2O2S. The molecule has 0 radical (unpaired) electrons. The van der Waals surface area contributed by atoms with Gasteiger partial charge in [-0.3, -0.25) is 4.79 Å². The highest BCUT2D eigenvalue weighted by Gasteiger charge is 2.01. The van der Waals surface area contributed by atoms with Gasteiger partial charge in [-0.2, -0.15) is 5.10 Å². The predicted octanol–water partition coefficient (Wildman–Crippen LogP) is 3.25. The lowest BCUT2D eigenvalue weighted by atomic mass is 10.2. The summed E-state index contributed by atoms with van der Waals surface area (Å²) >= 11 is 1.45. The quantitative estimate of drug-likeness (QED) is 0.506. The van der Waals surface area contributed by atoms with E-state index in [9.17, 15) is 4.79 Å². The maximum absolute atomic E-state index is 11.7. The standard InChI is InChI=1S/C17H18N2O2S/c1-13-4-3-5-14(10-13)11-18-19-17(20)12-22-16-8-6-15(21-2)7-9-16/h3-11H,12H2,1-2H3,(H,19,20). The second-order valence-electron chi connectivity index (χ2n) is 4.67. The molecule has 2 aromatic carbocycles. The highest BCUT2D eigenvalue weighted by Crippen LogP contribution is 2.20. The molecule has 0 aromatic heterocycles. The van der Waals surface area contributed by atoms with Crippen molar-refractivity contribution >= 4 is 23.9 Å². The van der Waals surface area contributed by atoms with Crippen molar-refractivity contribution in [2.24, 2.45) is 5.10 Å². The Balaban J connectivity index is 1.77. The van der Waals surface area contributed by atoms with E-state index < -0.39 is 0 Å². The molecule has 0 bridgehead atoms. The first-order valence-corrected chi connectivity index (χ1v) is 7.81. The minimum atomic E-state index is -0.135. The number of rotatable bonds is 6. The van der Waals surface area contributed by atoms with E-state index in [2.05, 4.69) is 10.5 Å². The lowest BCUT2D eigenvalue weighted by Crippen LogP contribution is -2.19. The van der Waals surface area contributed by atoms with Crippen LogP contribution in [-0.2, 0) is 4.79 Å². The zero-order valence-corrected chi connectivity index (χ0v) is 13.4. The molecule has 0 spiro atoms. The van der Waals surface area contributed by atoms with E-state index in [1.54, 1.807) is 13.3 Å². The van der Waals surface area contributed by atoms with Crippen LogP contribution in [-0.4, -0.2) is 25.0 Å². The number of hydrazone groups is 1. The average molecular weight is 314 g/mol. The molecule has 4 nitrogen and oxygen atoms in total. The first-order chi connectivity index (χ1) is 10.7. The summed E-state index contributed by atoms with van der Waals surface area (Å²) < 4.78 is 5.09. The van der Waals surface area contributed by atoms with Crippen LogP contribution in [0.5, 0.6) is 5.75 Å². The van der Waals surface area contributed by atoms with Gasteiger partial charge in [0.05, 0.1) is 19.1 Å². The molecule has 2 rings (SSSR count). The number of nitrogens with one attached hydrogen (secondary N) is 1. The highest BCUT2D eigenvalue weighted by atomic mass is 32.2. The number of carbonyl (C=O) groups is 1. The Morgan fingerprint density at radius 3 is 2.73 bits per heavy atom. The van der Waals surface area contributed by atoms with Gasteiger partial charge in [-0.25, -0.2) is 5.43 Å². The van der Waals surface area contributed by atoms with E-state index in [4.69, 9.17) is 4.74 Å². The highest BCUT2D eigenvalue weighted by molar-refractivity contribution is 8.00. The number of thioether (sulfide) groups is 1. The molecule has 114 valence electrons. The molecule has 2 aromatic rings. The third-order valence-electron chi connectivity index (χ3n) is 2.87. The third kappa shape index (κ3) is 5.26. The smallest absolute Gasteiger partial charge is 0.250 e. The number of ether oxygens (including phenoxy) is 1. The predicted molar refractivity (Wildman–Crippen MR) is 90.6 cm³/mol. The SMILES string of the molecule is COc1ccc(SCC(=O)NN=Cc2cccc(C)c2)cc1. The van der Waals surface area contributed by atoms with Crippen LogP contribution in [0.1, 0.15) is 11.1 Å². The van der Waals surface area contributed by atoms with Crippen LogP contribution in [0.3, 0.4) is 0 Å². The topological polar surface area (TPSA) is 50.7 Å². The van der Waals surface area contributed by atoms with Gasteiger partial charge in [-0.05, 0) is 36.8 Å². The van der Waals surface area contributed by atoms with Crippen molar-refractivity contribution < 1.29 is 9.53 Å². The van der Waals surface area contributed by atoms with Crippen molar-refractivity contribution in [1.29, 1.82) is 0 Å². The van der Waals surface area contributed by atoms with Crippen LogP contribution in [0.2, 0.25) is 0 Å². The molecule has 0 saturated heterocycles. The number of amides is 1. The molecule has 0 aliphatic heterocycles. The molecule has 1 N–H and O–H groups in total. The van der Waals surface area contributed by atoms with Gasteiger partial charge >= 0.3 is 0 Å². The van der Waals surface area contributed by atoms with Gasteiger partial charge in [-0.1, -0.05) is 29.8 Å². The van der Waals surface area contributed by atoms with Crippen LogP contribution >= 0.6 is 11.8 Å². The summed E-state index contributed by atoms with van der Waals surface area (Å²) in [6.07, 6.45) is 1.64. The number of hydrogen-bond donors (Lipinski definition) is 1. The van der Waals surface area contributed by atoms with Gasteiger partial charge in [0.1, 0.15) is 5.75 Å². The van der Waals surface area contributed by atoms with E-state index in [1.807, 2.05) is 55.5 Å². The van der Waals surface area contributed by atoms with E-state index in [-0.39, 0.29) is 5.91 Å². The van der Waals surface area contributed by atoms with Crippen molar-refractivity contribution in [1.82, 2.24) is 5.43 Å². The minimum Gasteiger partial charge on any atom is -0.497 e. The lowest BCUT2D eigenvalue weighted by Gasteiger charge is -2.03. The summed E-state index contributed by atoms with van der Waals surface area (Å²) in [5.74, 6) is 0.985. The Labute approximate surface area is 134 Å². The van der Waals surface area contributed by atoms with Crippen molar-refractivity contribution in [3.8, 4) is 5.75 Å². The molecule has 0 aliphatic rings. The Bertz CT molecular complexity index is 654. The zero-order valence-electron chi connectivity index (χ0n) is 12.6. The molecule has 0 saturated carbocycles. The van der Waals surface area contributed by atoms with Gasteiger partial charge < -0.3 is 4.74 Å². The zero-order chi connectivity index (χ0) is 15.8. The maximum Gasteiger partial charge on any atom is 0.250 e. The number of methoxy groups -OCH3 is 1. The number of nitrogens with zero attached hydrogens (tertiary/aromatic N) is 1. The summed E-state index contributed by atoms with van der Waals surface area (Å²) in [6.45, 7) is 2.02. The van der Waals surface area contributed by atoms with E-state index in [0.717, 1.165) is 21.8 Å². The Hall–Kier alpha value is -2.27. The summed E-state index contributed by atoms with van der Waals surface area (Å²) in [7, 11) is 1.63. The summed E-state index contributed by atoms with van der Waals surface area (Å²) in [6, 6.07) is 15.5. The maximum atomic E-state index is 11.7. The lowest BCUT2D eigenvalue weighted by molar-refractivity contribution is -0.118. The molecule has 5 heteroatoms. The van der Waals surface area contributed by atoms with Gasteiger partial charge in [0.25, 0.3) is 0 Å². The van der Waals surface area contributed by atoms with Gasteiger partial charge in [0, 0.05) is 4.90 Å². The number of carbonyl (C=O) groups excluding carboxylic acids is 1. The Morgan fingerprint density at radius 2 is 2.05 bits per heavy atom. The van der Waals surface area contributed by atoms with E-state index in [0.29, 0.717) is 5.75 Å². The second-order valence-corrected chi connectivity index (χ2v) is 5.72. The molecule has 0 unspecified atom stereocenters. The van der Waals surface area contributed by atoms with E-state index >= 15 is 0 Å². The second kappa shape index (κ2) is 8.24. The molecule has 0 fully saturated rings. The van der Waals surface area contributed by atoms with Crippen molar-refractivity contribution in [3.05, 3.63) is 59.7 Å². The first-order valence-electron chi connectivity index (χ1n) is 6.83. The van der Waals surface area contributed by atoms with Crippen LogP contribution in [0.4, 0.5) is 0 Å². The van der Waals surface area contributed by atoms with Crippen LogP contribution in [0.15, 0.2) is 58.5 Å². The van der Waals surface area contributed by atoms with Gasteiger partial charge in [0.2, 0.25) is 5.91 Å². The summed E-state index contributed by atoms with van der Waals surface area (Å²) in [4.78, 5) is 12.7. The van der Waals surface area contributed by atoms with Crippen molar-refractivity contribution in [2.75, 3.05) is 12.9 Å². The van der Waals surface area contributed by atoms with Crippen LogP contribution < -0.4 is 10.2 Å². The minimum absolute atomic E-state index is 0.135. The molecule has 0 aliphatic carbocycles. The van der Waals surface area contributed by atoms with Crippen LogP contribution in [0.25, 0.3) is 0 Å². The largest absolute Gasteiger partial charge is 0.497 e. The number of benzene rings is 2. The fourth-order valence-corrected chi connectivity index (χ4v) is 2.47.